The van der Waals surface area contributed by atoms with Crippen molar-refractivity contribution in [1.82, 2.24) is 15.1 Å². The first-order valence-electron chi connectivity index (χ1n) is 8.39. The van der Waals surface area contributed by atoms with E-state index in [4.69, 9.17) is 0 Å². The minimum Gasteiger partial charge on any atom is -0.340 e. The first-order valence-corrected chi connectivity index (χ1v) is 8.39. The van der Waals surface area contributed by atoms with Gasteiger partial charge in [0.05, 0.1) is 0 Å². The molecule has 2 fully saturated rings. The van der Waals surface area contributed by atoms with Gasteiger partial charge in [0.1, 0.15) is 0 Å². The maximum atomic E-state index is 12.2. The third-order valence-electron chi connectivity index (χ3n) is 4.32. The monoisotopic (exact) mass is 283 g/mol. The summed E-state index contributed by atoms with van der Waals surface area (Å²) in [6.07, 6.45) is 3.10. The molecule has 2 rings (SSSR count). The Bertz CT molecular complexity index is 267. The molecule has 118 valence electrons. The van der Waals surface area contributed by atoms with E-state index in [1.54, 1.807) is 0 Å². The minimum absolute atomic E-state index is 0.380. The second-order valence-electron chi connectivity index (χ2n) is 5.91. The van der Waals surface area contributed by atoms with Crippen LogP contribution in [0.25, 0.3) is 0 Å². The van der Waals surface area contributed by atoms with E-state index in [1.807, 2.05) is 13.8 Å². The fraction of sp³-hybridized carbons (Fsp3) is 0.938. The van der Waals surface area contributed by atoms with Gasteiger partial charge >= 0.3 is 0 Å². The van der Waals surface area contributed by atoms with Crippen LogP contribution in [0.2, 0.25) is 0 Å². The second kappa shape index (κ2) is 9.35. The van der Waals surface area contributed by atoms with Gasteiger partial charge in [-0.25, -0.2) is 0 Å². The molecule has 20 heavy (non-hydrogen) atoms. The van der Waals surface area contributed by atoms with Crippen molar-refractivity contribution in [3.05, 3.63) is 0 Å². The number of rotatable bonds is 3. The molecule has 0 aromatic carbocycles. The Kier molecular flexibility index (Phi) is 8.15. The highest BCUT2D eigenvalue weighted by Gasteiger charge is 2.24. The molecule has 0 atom stereocenters. The lowest BCUT2D eigenvalue weighted by Crippen LogP contribution is -2.51. The molecular weight excluding hydrogens is 250 g/mol. The fourth-order valence-electron chi connectivity index (χ4n) is 2.95. The van der Waals surface area contributed by atoms with E-state index in [9.17, 15) is 4.79 Å². The zero-order chi connectivity index (χ0) is 15.0. The highest BCUT2D eigenvalue weighted by Crippen LogP contribution is 2.18. The van der Waals surface area contributed by atoms with E-state index in [-0.39, 0.29) is 0 Å². The van der Waals surface area contributed by atoms with Crippen LogP contribution in [0.15, 0.2) is 0 Å². The molecule has 0 radical (unpaired) electrons. The lowest BCUT2D eigenvalue weighted by atomic mass is 9.94. The first kappa shape index (κ1) is 17.4. The van der Waals surface area contributed by atoms with E-state index < -0.39 is 0 Å². The third-order valence-corrected chi connectivity index (χ3v) is 4.32. The Hall–Kier alpha value is -0.610. The molecule has 0 aromatic heterocycles. The smallest absolute Gasteiger partial charge is 0.222 e. The maximum Gasteiger partial charge on any atom is 0.222 e. The van der Waals surface area contributed by atoms with Crippen LogP contribution in [0.1, 0.15) is 47.0 Å². The van der Waals surface area contributed by atoms with Crippen LogP contribution in [0.5, 0.6) is 0 Å². The van der Waals surface area contributed by atoms with E-state index in [2.05, 4.69) is 29.0 Å². The molecule has 1 amide bonds. The van der Waals surface area contributed by atoms with Crippen molar-refractivity contribution in [3.63, 3.8) is 0 Å². The number of amides is 1. The van der Waals surface area contributed by atoms with Crippen LogP contribution < -0.4 is 5.32 Å². The zero-order valence-electron chi connectivity index (χ0n) is 13.8. The van der Waals surface area contributed by atoms with Crippen LogP contribution in [0.4, 0.5) is 0 Å². The van der Waals surface area contributed by atoms with Crippen LogP contribution in [0.3, 0.4) is 0 Å². The maximum absolute atomic E-state index is 12.2. The molecule has 2 aliphatic rings. The molecule has 0 aromatic rings. The van der Waals surface area contributed by atoms with E-state index in [1.165, 1.54) is 0 Å². The summed E-state index contributed by atoms with van der Waals surface area (Å²) < 4.78 is 0. The molecule has 0 bridgehead atoms. The number of nitrogens with one attached hydrogen (secondary N) is 1. The lowest BCUT2D eigenvalue weighted by molar-refractivity contribution is -0.134. The Balaban J connectivity index is 0.000000956. The van der Waals surface area contributed by atoms with E-state index >= 15 is 0 Å². The molecule has 0 aliphatic carbocycles. The number of nitrogens with zero attached hydrogens (tertiary/aromatic N) is 2. The molecule has 2 heterocycles. The Morgan fingerprint density at radius 2 is 1.65 bits per heavy atom. The van der Waals surface area contributed by atoms with Crippen LogP contribution >= 0.6 is 0 Å². The predicted molar refractivity (Wildman–Crippen MR) is 84.8 cm³/mol. The summed E-state index contributed by atoms with van der Waals surface area (Å²) in [5, 5.41) is 3.35. The average Bonchev–Trinajstić information content (AvgIpc) is 2.50. The number of hydrogen-bond acceptors (Lipinski definition) is 3. The molecule has 1 N–H and O–H groups in total. The van der Waals surface area contributed by atoms with Gasteiger partial charge in [-0.15, -0.1) is 0 Å². The first-order chi connectivity index (χ1) is 9.66. The molecule has 0 spiro atoms. The Morgan fingerprint density at radius 3 is 2.15 bits per heavy atom. The summed E-state index contributed by atoms with van der Waals surface area (Å²) in [5.74, 6) is 0.993. The lowest BCUT2D eigenvalue weighted by Gasteiger charge is -2.37. The number of hydrogen-bond donors (Lipinski definition) is 1. The highest BCUT2D eigenvalue weighted by atomic mass is 16.2. The van der Waals surface area contributed by atoms with Crippen molar-refractivity contribution in [2.24, 2.45) is 5.92 Å². The van der Waals surface area contributed by atoms with Gasteiger partial charge in [0.25, 0.3) is 0 Å². The average molecular weight is 283 g/mol. The molecule has 4 nitrogen and oxygen atoms in total. The van der Waals surface area contributed by atoms with Gasteiger partial charge in [-0.2, -0.15) is 0 Å². The summed E-state index contributed by atoms with van der Waals surface area (Å²) in [4.78, 5) is 16.8. The highest BCUT2D eigenvalue weighted by molar-refractivity contribution is 5.76. The quantitative estimate of drug-likeness (QED) is 0.860. The molecule has 0 unspecified atom stereocenters. The summed E-state index contributed by atoms with van der Waals surface area (Å²) in [6.45, 7) is 14.5. The van der Waals surface area contributed by atoms with Crippen molar-refractivity contribution in [2.75, 3.05) is 39.3 Å². The van der Waals surface area contributed by atoms with Crippen LogP contribution in [-0.4, -0.2) is 61.0 Å². The van der Waals surface area contributed by atoms with Gasteiger partial charge in [-0.05, 0) is 45.7 Å². The molecule has 0 saturated carbocycles. The van der Waals surface area contributed by atoms with Crippen molar-refractivity contribution in [1.29, 1.82) is 0 Å². The van der Waals surface area contributed by atoms with Crippen molar-refractivity contribution in [2.45, 2.75) is 53.0 Å². The topological polar surface area (TPSA) is 35.6 Å². The van der Waals surface area contributed by atoms with Gasteiger partial charge in [0, 0.05) is 38.6 Å². The summed E-state index contributed by atoms with van der Waals surface area (Å²) >= 11 is 0. The van der Waals surface area contributed by atoms with Crippen molar-refractivity contribution in [3.8, 4) is 0 Å². The Morgan fingerprint density at radius 1 is 1.10 bits per heavy atom. The van der Waals surface area contributed by atoms with Gasteiger partial charge in [0.15, 0.2) is 0 Å². The van der Waals surface area contributed by atoms with Gasteiger partial charge in [0.2, 0.25) is 5.91 Å². The van der Waals surface area contributed by atoms with Gasteiger partial charge in [-0.1, -0.05) is 13.8 Å². The number of piperazine rings is 1. The third kappa shape index (κ3) is 5.41. The summed E-state index contributed by atoms with van der Waals surface area (Å²) in [6, 6.07) is 0.603. The van der Waals surface area contributed by atoms with Gasteiger partial charge in [-0.3, -0.25) is 9.69 Å². The number of carbonyl (C=O) groups excluding carboxylic acids is 1. The SMILES string of the molecule is CC.CC(C)N1CCN(C(=O)CC2CCNCC2)CC1. The van der Waals surface area contributed by atoms with E-state index in [0.29, 0.717) is 17.9 Å². The largest absolute Gasteiger partial charge is 0.340 e. The fourth-order valence-corrected chi connectivity index (χ4v) is 2.95. The van der Waals surface area contributed by atoms with Crippen LogP contribution in [0, 0.1) is 5.92 Å². The molecule has 4 heteroatoms. The van der Waals surface area contributed by atoms with Crippen molar-refractivity contribution < 1.29 is 4.79 Å². The number of carbonyl (C=O) groups is 1. The molecule has 2 saturated heterocycles. The molecule has 2 aliphatic heterocycles. The minimum atomic E-state index is 0.380. The normalized spacial score (nSPS) is 21.6. The van der Waals surface area contributed by atoms with E-state index in [0.717, 1.165) is 58.5 Å². The standard InChI is InChI=1S/C14H27N3O.C2H6/c1-12(2)16-7-9-17(10-8-16)14(18)11-13-3-5-15-6-4-13;1-2/h12-13,15H,3-11H2,1-2H3;1-2H3. The second-order valence-corrected chi connectivity index (χ2v) is 5.91. The van der Waals surface area contributed by atoms with Gasteiger partial charge < -0.3 is 10.2 Å². The summed E-state index contributed by atoms with van der Waals surface area (Å²) in [7, 11) is 0. The van der Waals surface area contributed by atoms with Crippen molar-refractivity contribution >= 4 is 5.91 Å². The zero-order valence-corrected chi connectivity index (χ0v) is 13.8. The molecular formula is C16H33N3O. The summed E-state index contributed by atoms with van der Waals surface area (Å²) in [5.41, 5.74) is 0. The Labute approximate surface area is 124 Å². The van der Waals surface area contributed by atoms with Crippen LogP contribution in [-0.2, 0) is 4.79 Å². The predicted octanol–water partition coefficient (Wildman–Crippen LogP) is 1.95. The number of piperidine rings is 1.